The highest BCUT2D eigenvalue weighted by atomic mass is 32.2. The van der Waals surface area contributed by atoms with Crippen molar-refractivity contribution in [3.8, 4) is 5.75 Å². The molecule has 0 aliphatic carbocycles. The van der Waals surface area contributed by atoms with Gasteiger partial charge in [-0.3, -0.25) is 4.79 Å². The zero-order valence-electron chi connectivity index (χ0n) is 12.3. The maximum Gasteiger partial charge on any atom is 0.258 e. The number of nitrogens with zero attached hydrogens (tertiary/aromatic N) is 1. The quantitative estimate of drug-likeness (QED) is 0.864. The molecule has 1 amide bonds. The van der Waals surface area contributed by atoms with Crippen LogP contribution in [-0.2, 0) is 14.8 Å². The van der Waals surface area contributed by atoms with Gasteiger partial charge in [0.25, 0.3) is 5.91 Å². The molecule has 1 fully saturated rings. The van der Waals surface area contributed by atoms with E-state index in [1.807, 2.05) is 0 Å². The molecule has 1 heterocycles. The highest BCUT2D eigenvalue weighted by molar-refractivity contribution is 7.88. The van der Waals surface area contributed by atoms with Gasteiger partial charge in [0.15, 0.2) is 6.61 Å². The van der Waals surface area contributed by atoms with E-state index < -0.39 is 10.0 Å². The Kier molecular flexibility index (Phi) is 5.36. The van der Waals surface area contributed by atoms with Crippen LogP contribution in [0.5, 0.6) is 5.75 Å². The van der Waals surface area contributed by atoms with E-state index in [2.05, 4.69) is 5.32 Å². The van der Waals surface area contributed by atoms with Crippen molar-refractivity contribution in [2.45, 2.75) is 18.9 Å². The van der Waals surface area contributed by atoms with Gasteiger partial charge in [-0.2, -0.15) is 0 Å². The Labute approximate surface area is 129 Å². The molecule has 1 aromatic carbocycles. The third-order valence-corrected chi connectivity index (χ3v) is 4.77. The lowest BCUT2D eigenvalue weighted by Crippen LogP contribution is -2.47. The molecule has 0 radical (unpaired) electrons. The van der Waals surface area contributed by atoms with Crippen LogP contribution < -0.4 is 10.1 Å². The summed E-state index contributed by atoms with van der Waals surface area (Å²) in [5.74, 6) is -0.222. The predicted octanol–water partition coefficient (Wildman–Crippen LogP) is 0.745. The van der Waals surface area contributed by atoms with E-state index in [9.17, 15) is 17.6 Å². The van der Waals surface area contributed by atoms with E-state index >= 15 is 0 Å². The fourth-order valence-electron chi connectivity index (χ4n) is 2.28. The number of halogens is 1. The van der Waals surface area contributed by atoms with Gasteiger partial charge in [-0.05, 0) is 37.1 Å². The zero-order chi connectivity index (χ0) is 16.2. The second kappa shape index (κ2) is 7.06. The summed E-state index contributed by atoms with van der Waals surface area (Å²) in [6.45, 7) is 0.656. The molecule has 8 heteroatoms. The number of hydrogen-bond donors (Lipinski definition) is 1. The number of carbonyl (C=O) groups excluding carboxylic acids is 1. The number of carbonyl (C=O) groups is 1. The minimum atomic E-state index is -3.16. The number of ether oxygens (including phenoxy) is 1. The predicted molar refractivity (Wildman–Crippen MR) is 79.5 cm³/mol. The molecule has 0 atom stereocenters. The lowest BCUT2D eigenvalue weighted by molar-refractivity contribution is -0.124. The van der Waals surface area contributed by atoms with Crippen molar-refractivity contribution < 1.29 is 22.3 Å². The maximum atomic E-state index is 12.7. The third-order valence-electron chi connectivity index (χ3n) is 3.47. The Bertz CT molecular complexity index is 610. The molecule has 1 N–H and O–H groups in total. The number of rotatable bonds is 5. The molecular weight excluding hydrogens is 311 g/mol. The van der Waals surface area contributed by atoms with Crippen LogP contribution >= 0.6 is 0 Å². The minimum Gasteiger partial charge on any atom is -0.484 e. The van der Waals surface area contributed by atoms with E-state index in [0.29, 0.717) is 31.7 Å². The second-order valence-electron chi connectivity index (χ2n) is 5.25. The summed E-state index contributed by atoms with van der Waals surface area (Å²) >= 11 is 0. The maximum absolute atomic E-state index is 12.7. The van der Waals surface area contributed by atoms with Crippen molar-refractivity contribution >= 4 is 15.9 Å². The zero-order valence-corrected chi connectivity index (χ0v) is 13.1. The summed E-state index contributed by atoms with van der Waals surface area (Å²) < 4.78 is 42.2. The van der Waals surface area contributed by atoms with Crippen molar-refractivity contribution in [3.05, 3.63) is 30.1 Å². The molecule has 0 spiro atoms. The van der Waals surface area contributed by atoms with Gasteiger partial charge < -0.3 is 10.1 Å². The first-order valence-electron chi connectivity index (χ1n) is 6.97. The van der Waals surface area contributed by atoms with Crippen LogP contribution in [0.25, 0.3) is 0 Å². The summed E-state index contributed by atoms with van der Waals surface area (Å²) in [6, 6.07) is 5.37. The number of sulfonamides is 1. The molecule has 1 aliphatic rings. The monoisotopic (exact) mass is 330 g/mol. The minimum absolute atomic E-state index is 0.0534. The van der Waals surface area contributed by atoms with Gasteiger partial charge in [0.05, 0.1) is 6.26 Å². The molecule has 1 aromatic rings. The standard InChI is InChI=1S/C14H19FN2O4S/c1-22(19,20)17-8-6-12(7-9-17)16-14(18)10-21-13-4-2-11(15)3-5-13/h2-5,12H,6-10H2,1H3,(H,16,18). The van der Waals surface area contributed by atoms with Crippen LogP contribution in [0.1, 0.15) is 12.8 Å². The fourth-order valence-corrected chi connectivity index (χ4v) is 3.15. The van der Waals surface area contributed by atoms with Gasteiger partial charge in [0.2, 0.25) is 10.0 Å². The van der Waals surface area contributed by atoms with Crippen LogP contribution in [0, 0.1) is 5.82 Å². The van der Waals surface area contributed by atoms with Crippen LogP contribution in [0.3, 0.4) is 0 Å². The summed E-state index contributed by atoms with van der Waals surface area (Å²) in [4.78, 5) is 11.8. The number of amides is 1. The number of hydrogen-bond acceptors (Lipinski definition) is 4. The normalized spacial score (nSPS) is 17.2. The highest BCUT2D eigenvalue weighted by Gasteiger charge is 2.25. The van der Waals surface area contributed by atoms with E-state index in [1.165, 1.54) is 34.8 Å². The van der Waals surface area contributed by atoms with Crippen molar-refractivity contribution in [2.75, 3.05) is 26.0 Å². The molecular formula is C14H19FN2O4S. The summed E-state index contributed by atoms with van der Waals surface area (Å²) in [5.41, 5.74) is 0. The van der Waals surface area contributed by atoms with Crippen LogP contribution in [0.2, 0.25) is 0 Å². The molecule has 6 nitrogen and oxygen atoms in total. The molecule has 122 valence electrons. The lowest BCUT2D eigenvalue weighted by Gasteiger charge is -2.30. The van der Waals surface area contributed by atoms with Gasteiger partial charge in [-0.1, -0.05) is 0 Å². The number of benzene rings is 1. The van der Waals surface area contributed by atoms with Crippen LogP contribution in [0.15, 0.2) is 24.3 Å². The van der Waals surface area contributed by atoms with Crippen molar-refractivity contribution in [3.63, 3.8) is 0 Å². The van der Waals surface area contributed by atoms with E-state index in [-0.39, 0.29) is 24.4 Å². The first-order valence-corrected chi connectivity index (χ1v) is 8.82. The van der Waals surface area contributed by atoms with Crippen LogP contribution in [-0.4, -0.2) is 50.6 Å². The molecule has 0 bridgehead atoms. The van der Waals surface area contributed by atoms with Gasteiger partial charge in [-0.15, -0.1) is 0 Å². The molecule has 1 aliphatic heterocycles. The van der Waals surface area contributed by atoms with Crippen molar-refractivity contribution in [1.82, 2.24) is 9.62 Å². The SMILES string of the molecule is CS(=O)(=O)N1CCC(NC(=O)COc2ccc(F)cc2)CC1. The highest BCUT2D eigenvalue weighted by Crippen LogP contribution is 2.14. The van der Waals surface area contributed by atoms with Crippen LogP contribution in [0.4, 0.5) is 4.39 Å². The summed E-state index contributed by atoms with van der Waals surface area (Å²) in [7, 11) is -3.16. The number of nitrogens with one attached hydrogen (secondary N) is 1. The topological polar surface area (TPSA) is 75.7 Å². The van der Waals surface area contributed by atoms with Gasteiger partial charge in [0, 0.05) is 19.1 Å². The van der Waals surface area contributed by atoms with Gasteiger partial charge in [-0.25, -0.2) is 17.1 Å². The van der Waals surface area contributed by atoms with E-state index in [4.69, 9.17) is 4.74 Å². The van der Waals surface area contributed by atoms with Crippen molar-refractivity contribution in [1.29, 1.82) is 0 Å². The molecule has 0 aromatic heterocycles. The Hall–Kier alpha value is -1.67. The van der Waals surface area contributed by atoms with E-state index in [1.54, 1.807) is 0 Å². The Morgan fingerprint density at radius 3 is 2.45 bits per heavy atom. The molecule has 0 unspecified atom stereocenters. The fraction of sp³-hybridized carbons (Fsp3) is 0.500. The van der Waals surface area contributed by atoms with E-state index in [0.717, 1.165) is 0 Å². The van der Waals surface area contributed by atoms with Crippen molar-refractivity contribution in [2.24, 2.45) is 0 Å². The Balaban J connectivity index is 1.73. The summed E-state index contributed by atoms with van der Waals surface area (Å²) in [6.07, 6.45) is 2.34. The van der Waals surface area contributed by atoms with Gasteiger partial charge >= 0.3 is 0 Å². The smallest absolute Gasteiger partial charge is 0.258 e. The average molecular weight is 330 g/mol. The average Bonchev–Trinajstić information content (AvgIpc) is 2.46. The molecule has 22 heavy (non-hydrogen) atoms. The molecule has 1 saturated heterocycles. The Morgan fingerprint density at radius 1 is 1.32 bits per heavy atom. The third kappa shape index (κ3) is 4.96. The molecule has 2 rings (SSSR count). The lowest BCUT2D eigenvalue weighted by atomic mass is 10.1. The number of piperidine rings is 1. The largest absolute Gasteiger partial charge is 0.484 e. The first-order chi connectivity index (χ1) is 10.3. The second-order valence-corrected chi connectivity index (χ2v) is 7.23. The summed E-state index contributed by atoms with van der Waals surface area (Å²) in [5, 5.41) is 2.81. The Morgan fingerprint density at radius 2 is 1.91 bits per heavy atom. The van der Waals surface area contributed by atoms with Gasteiger partial charge in [0.1, 0.15) is 11.6 Å². The first kappa shape index (κ1) is 16.7. The molecule has 0 saturated carbocycles.